The van der Waals surface area contributed by atoms with Crippen LogP contribution in [0.3, 0.4) is 0 Å². The van der Waals surface area contributed by atoms with Crippen LogP contribution in [-0.2, 0) is 0 Å². The van der Waals surface area contributed by atoms with E-state index in [2.05, 4.69) is 24.8 Å². The minimum Gasteiger partial charge on any atom is -0.368 e. The Bertz CT molecular complexity index is 485. The number of nitrogens with zero attached hydrogens (tertiary/aromatic N) is 2. The number of hydrogen-bond donors (Lipinski definition) is 0. The summed E-state index contributed by atoms with van der Waals surface area (Å²) in [4.78, 5) is 13.0. The number of hydrogen-bond acceptors (Lipinski definition) is 4. The largest absolute Gasteiger partial charge is 0.368 e. The van der Waals surface area contributed by atoms with Crippen LogP contribution < -0.4 is 4.90 Å². The number of nitriles is 1. The Balaban J connectivity index is 2.32. The van der Waals surface area contributed by atoms with E-state index in [9.17, 15) is 10.1 Å². The van der Waals surface area contributed by atoms with Gasteiger partial charge in [-0.05, 0) is 18.2 Å². The third-order valence-corrected chi connectivity index (χ3v) is 4.26. The lowest BCUT2D eigenvalue weighted by Crippen LogP contribution is -2.40. The predicted octanol–water partition coefficient (Wildman–Crippen LogP) is 2.70. The van der Waals surface area contributed by atoms with Crippen LogP contribution in [0, 0.1) is 11.3 Å². The standard InChI is InChI=1S/C14H16N2OS/c1-10-7-16(8-11(2)18-10)14-4-3-12(9-17)5-13(14)6-15/h3-5,9-11H,7-8H2,1-2H3. The van der Waals surface area contributed by atoms with Crippen molar-refractivity contribution in [2.75, 3.05) is 18.0 Å². The van der Waals surface area contributed by atoms with E-state index in [0.717, 1.165) is 25.1 Å². The Hall–Kier alpha value is -1.47. The summed E-state index contributed by atoms with van der Waals surface area (Å²) < 4.78 is 0. The van der Waals surface area contributed by atoms with Gasteiger partial charge in [-0.3, -0.25) is 4.79 Å². The van der Waals surface area contributed by atoms with Crippen molar-refractivity contribution in [3.05, 3.63) is 29.3 Å². The predicted molar refractivity (Wildman–Crippen MR) is 75.3 cm³/mol. The van der Waals surface area contributed by atoms with E-state index in [4.69, 9.17) is 0 Å². The Morgan fingerprint density at radius 2 is 2.06 bits per heavy atom. The number of carbonyl (C=O) groups excluding carboxylic acids is 1. The highest BCUT2D eigenvalue weighted by molar-refractivity contribution is 8.00. The maximum absolute atomic E-state index is 10.7. The van der Waals surface area contributed by atoms with Crippen molar-refractivity contribution in [2.45, 2.75) is 24.3 Å². The van der Waals surface area contributed by atoms with Gasteiger partial charge >= 0.3 is 0 Å². The van der Waals surface area contributed by atoms with E-state index < -0.39 is 0 Å². The Labute approximate surface area is 112 Å². The van der Waals surface area contributed by atoms with Gasteiger partial charge in [0.05, 0.1) is 11.3 Å². The molecule has 0 N–H and O–H groups in total. The normalized spacial score (nSPS) is 23.5. The zero-order valence-electron chi connectivity index (χ0n) is 10.6. The van der Waals surface area contributed by atoms with Crippen molar-refractivity contribution in [3.8, 4) is 6.07 Å². The first-order valence-corrected chi connectivity index (χ1v) is 6.98. The molecule has 1 fully saturated rings. The van der Waals surface area contributed by atoms with E-state index in [1.54, 1.807) is 12.1 Å². The molecule has 0 spiro atoms. The van der Waals surface area contributed by atoms with Crippen LogP contribution in [0.4, 0.5) is 5.69 Å². The van der Waals surface area contributed by atoms with Crippen molar-refractivity contribution in [2.24, 2.45) is 0 Å². The third kappa shape index (κ3) is 2.68. The molecule has 18 heavy (non-hydrogen) atoms. The quantitative estimate of drug-likeness (QED) is 0.767. The lowest BCUT2D eigenvalue weighted by molar-refractivity contribution is 0.112. The monoisotopic (exact) mass is 260 g/mol. The number of benzene rings is 1. The minimum absolute atomic E-state index is 0.558. The summed E-state index contributed by atoms with van der Waals surface area (Å²) in [5.41, 5.74) is 2.09. The summed E-state index contributed by atoms with van der Waals surface area (Å²) in [5.74, 6) is 0. The number of thioether (sulfide) groups is 1. The summed E-state index contributed by atoms with van der Waals surface area (Å²) in [6.45, 7) is 6.31. The first-order chi connectivity index (χ1) is 8.63. The average Bonchev–Trinajstić information content (AvgIpc) is 2.36. The SMILES string of the molecule is CC1CN(c2ccc(C=O)cc2C#N)CC(C)S1. The maximum Gasteiger partial charge on any atom is 0.150 e. The van der Waals surface area contributed by atoms with Crippen molar-refractivity contribution in [3.63, 3.8) is 0 Å². The van der Waals surface area contributed by atoms with Crippen LogP contribution >= 0.6 is 11.8 Å². The lowest BCUT2D eigenvalue weighted by Gasteiger charge is -2.36. The molecule has 1 saturated heterocycles. The van der Waals surface area contributed by atoms with Gasteiger partial charge in [0.1, 0.15) is 12.4 Å². The molecule has 0 saturated carbocycles. The van der Waals surface area contributed by atoms with Gasteiger partial charge in [-0.2, -0.15) is 17.0 Å². The summed E-state index contributed by atoms with van der Waals surface area (Å²) in [6.07, 6.45) is 0.780. The van der Waals surface area contributed by atoms with Crippen LogP contribution in [0.2, 0.25) is 0 Å². The van der Waals surface area contributed by atoms with Gasteiger partial charge in [0.2, 0.25) is 0 Å². The van der Waals surface area contributed by atoms with Crippen molar-refractivity contribution in [1.82, 2.24) is 0 Å². The van der Waals surface area contributed by atoms with Crippen molar-refractivity contribution < 1.29 is 4.79 Å². The Morgan fingerprint density at radius 1 is 1.39 bits per heavy atom. The molecule has 4 heteroatoms. The van der Waals surface area contributed by atoms with Gasteiger partial charge < -0.3 is 4.90 Å². The molecule has 0 amide bonds. The molecule has 3 nitrogen and oxygen atoms in total. The highest BCUT2D eigenvalue weighted by Crippen LogP contribution is 2.30. The number of rotatable bonds is 2. The lowest BCUT2D eigenvalue weighted by atomic mass is 10.1. The van der Waals surface area contributed by atoms with E-state index in [0.29, 0.717) is 21.6 Å². The van der Waals surface area contributed by atoms with Gasteiger partial charge in [-0.25, -0.2) is 0 Å². The molecule has 0 aromatic heterocycles. The molecule has 1 aromatic rings. The van der Waals surface area contributed by atoms with Gasteiger partial charge in [-0.1, -0.05) is 13.8 Å². The summed E-state index contributed by atoms with van der Waals surface area (Å²) in [7, 11) is 0. The first kappa shape index (κ1) is 13.0. The average molecular weight is 260 g/mol. The molecule has 0 radical (unpaired) electrons. The van der Waals surface area contributed by atoms with Gasteiger partial charge in [-0.15, -0.1) is 0 Å². The fourth-order valence-electron chi connectivity index (χ4n) is 2.37. The van der Waals surface area contributed by atoms with E-state index in [1.807, 2.05) is 17.8 Å². The summed E-state index contributed by atoms with van der Waals surface area (Å²) in [6, 6.07) is 7.52. The Morgan fingerprint density at radius 3 is 2.61 bits per heavy atom. The molecule has 0 bridgehead atoms. The van der Waals surface area contributed by atoms with Crippen LogP contribution in [0.1, 0.15) is 29.8 Å². The highest BCUT2D eigenvalue weighted by atomic mass is 32.2. The molecule has 1 aromatic carbocycles. The second kappa shape index (κ2) is 5.45. The topological polar surface area (TPSA) is 44.1 Å². The van der Waals surface area contributed by atoms with Crippen molar-refractivity contribution in [1.29, 1.82) is 5.26 Å². The van der Waals surface area contributed by atoms with E-state index in [1.165, 1.54) is 0 Å². The second-order valence-electron chi connectivity index (χ2n) is 4.67. The first-order valence-electron chi connectivity index (χ1n) is 6.03. The Kier molecular flexibility index (Phi) is 3.93. The molecular formula is C14H16N2OS. The third-order valence-electron chi connectivity index (χ3n) is 3.04. The maximum atomic E-state index is 10.7. The second-order valence-corrected chi connectivity index (χ2v) is 6.55. The molecule has 0 aliphatic carbocycles. The fourth-order valence-corrected chi connectivity index (χ4v) is 3.69. The van der Waals surface area contributed by atoms with Crippen LogP contribution in [0.25, 0.3) is 0 Å². The van der Waals surface area contributed by atoms with E-state index in [-0.39, 0.29) is 0 Å². The molecule has 2 rings (SSSR count). The number of carbonyl (C=O) groups is 1. The zero-order valence-corrected chi connectivity index (χ0v) is 11.4. The molecule has 1 aliphatic heterocycles. The smallest absolute Gasteiger partial charge is 0.150 e. The van der Waals surface area contributed by atoms with Crippen molar-refractivity contribution >= 4 is 23.7 Å². The fraction of sp³-hybridized carbons (Fsp3) is 0.429. The van der Waals surface area contributed by atoms with Gasteiger partial charge in [0, 0.05) is 29.2 Å². The van der Waals surface area contributed by atoms with Gasteiger partial charge in [0.25, 0.3) is 0 Å². The highest BCUT2D eigenvalue weighted by Gasteiger charge is 2.24. The summed E-state index contributed by atoms with van der Waals surface area (Å²) in [5, 5.41) is 10.3. The zero-order chi connectivity index (χ0) is 13.1. The van der Waals surface area contributed by atoms with Crippen LogP contribution in [0.15, 0.2) is 18.2 Å². The molecule has 1 aliphatic rings. The molecule has 1 heterocycles. The number of anilines is 1. The van der Waals surface area contributed by atoms with Crippen LogP contribution in [-0.4, -0.2) is 29.9 Å². The molecule has 2 atom stereocenters. The number of aldehydes is 1. The summed E-state index contributed by atoms with van der Waals surface area (Å²) >= 11 is 1.98. The van der Waals surface area contributed by atoms with E-state index >= 15 is 0 Å². The van der Waals surface area contributed by atoms with Crippen LogP contribution in [0.5, 0.6) is 0 Å². The molecular weight excluding hydrogens is 244 g/mol. The molecule has 94 valence electrons. The minimum atomic E-state index is 0.558. The van der Waals surface area contributed by atoms with Gasteiger partial charge in [0.15, 0.2) is 0 Å². The molecule has 2 unspecified atom stereocenters.